The van der Waals surface area contributed by atoms with Crippen molar-refractivity contribution in [2.75, 3.05) is 30.5 Å². The van der Waals surface area contributed by atoms with Gasteiger partial charge in [-0.1, -0.05) is 12.1 Å². The predicted molar refractivity (Wildman–Crippen MR) is 131 cm³/mol. The first kappa shape index (κ1) is 24.5. The van der Waals surface area contributed by atoms with Crippen LogP contribution in [0.1, 0.15) is 44.6 Å². The van der Waals surface area contributed by atoms with E-state index in [1.54, 1.807) is 44.4 Å². The van der Waals surface area contributed by atoms with Gasteiger partial charge in [-0.2, -0.15) is 0 Å². The molecule has 184 valence electrons. The van der Waals surface area contributed by atoms with E-state index in [9.17, 15) is 18.0 Å². The molecule has 0 amide bonds. The second kappa shape index (κ2) is 9.91. The normalized spacial score (nSPS) is 16.6. The largest absolute Gasteiger partial charge is 0.495 e. The Hall–Kier alpha value is -3.66. The van der Waals surface area contributed by atoms with Crippen LogP contribution >= 0.6 is 0 Å². The molecule has 1 fully saturated rings. The van der Waals surface area contributed by atoms with Crippen molar-refractivity contribution in [3.8, 4) is 5.75 Å². The molecule has 4 rings (SSSR count). The molecule has 0 aliphatic carbocycles. The van der Waals surface area contributed by atoms with Crippen molar-refractivity contribution in [2.24, 2.45) is 0 Å². The molecule has 1 aliphatic rings. The van der Waals surface area contributed by atoms with Crippen LogP contribution in [0.5, 0.6) is 5.75 Å². The first-order valence-electron chi connectivity index (χ1n) is 11.1. The maximum atomic E-state index is 12.9. The Morgan fingerprint density at radius 2 is 1.91 bits per heavy atom. The monoisotopic (exact) mass is 497 g/mol. The van der Waals surface area contributed by atoms with Crippen molar-refractivity contribution in [3.05, 3.63) is 71.2 Å². The molecule has 1 unspecified atom stereocenters. The lowest BCUT2D eigenvalue weighted by molar-refractivity contribution is 0.0475. The van der Waals surface area contributed by atoms with Gasteiger partial charge in [0, 0.05) is 29.2 Å². The Balaban J connectivity index is 1.47. The lowest BCUT2D eigenvalue weighted by atomic mass is 10.1. The summed E-state index contributed by atoms with van der Waals surface area (Å²) in [4.78, 5) is 30.0. The molecular weight excluding hydrogens is 470 g/mol. The van der Waals surface area contributed by atoms with Gasteiger partial charge in [0.25, 0.3) is 0 Å². The molecule has 1 atom stereocenters. The van der Waals surface area contributed by atoms with Gasteiger partial charge in [0.15, 0.2) is 16.4 Å². The highest BCUT2D eigenvalue weighted by atomic mass is 32.2. The summed E-state index contributed by atoms with van der Waals surface area (Å²) < 4.78 is 36.4. The van der Waals surface area contributed by atoms with E-state index in [-0.39, 0.29) is 34.7 Å². The van der Waals surface area contributed by atoms with Gasteiger partial charge in [-0.25, -0.2) is 18.2 Å². The number of para-hydroxylation sites is 2. The van der Waals surface area contributed by atoms with E-state index in [1.807, 2.05) is 23.6 Å². The number of anilines is 2. The summed E-state index contributed by atoms with van der Waals surface area (Å²) in [5.41, 5.74) is 2.69. The molecule has 0 radical (unpaired) electrons. The Kier molecular flexibility index (Phi) is 6.93. The highest BCUT2D eigenvalue weighted by Crippen LogP contribution is 2.30. The van der Waals surface area contributed by atoms with Crippen LogP contribution in [0, 0.1) is 13.8 Å². The molecule has 9 nitrogen and oxygen atoms in total. The maximum absolute atomic E-state index is 12.9. The number of rotatable bonds is 8. The zero-order valence-corrected chi connectivity index (χ0v) is 20.6. The number of aromatic nitrogens is 2. The average Bonchev–Trinajstić information content (AvgIpc) is 3.35. The number of esters is 1. The minimum atomic E-state index is -3.07. The number of hydrogen-bond acceptors (Lipinski definition) is 8. The van der Waals surface area contributed by atoms with Crippen LogP contribution in [0.4, 0.5) is 11.5 Å². The molecule has 35 heavy (non-hydrogen) atoms. The van der Waals surface area contributed by atoms with Gasteiger partial charge in [0.2, 0.25) is 5.78 Å². The Labute approximate surface area is 204 Å². The molecule has 1 aliphatic heterocycles. The maximum Gasteiger partial charge on any atom is 0.342 e. The van der Waals surface area contributed by atoms with Crippen LogP contribution in [-0.4, -0.2) is 54.9 Å². The summed E-state index contributed by atoms with van der Waals surface area (Å²) in [6, 6.07) is 11.9. The minimum absolute atomic E-state index is 0.0644. The van der Waals surface area contributed by atoms with Gasteiger partial charge >= 0.3 is 5.97 Å². The fourth-order valence-corrected chi connectivity index (χ4v) is 6.13. The summed E-state index contributed by atoms with van der Waals surface area (Å²) in [6.45, 7) is 3.17. The van der Waals surface area contributed by atoms with Crippen molar-refractivity contribution in [1.29, 1.82) is 0 Å². The highest BCUT2D eigenvalue weighted by molar-refractivity contribution is 7.91. The first-order chi connectivity index (χ1) is 16.7. The SMILES string of the molecule is COc1ccccc1Nc1ncccc1C(=O)OCC(=O)c1cc(C)n(C2CCS(=O)(=O)C2)c1C. The number of pyridine rings is 1. The van der Waals surface area contributed by atoms with E-state index in [0.29, 0.717) is 29.1 Å². The Morgan fingerprint density at radius 1 is 1.14 bits per heavy atom. The third kappa shape index (κ3) is 5.22. The topological polar surface area (TPSA) is 117 Å². The van der Waals surface area contributed by atoms with Gasteiger partial charge in [0.05, 0.1) is 24.3 Å². The Morgan fingerprint density at radius 3 is 2.63 bits per heavy atom. The summed E-state index contributed by atoms with van der Waals surface area (Å²) in [7, 11) is -1.52. The first-order valence-corrected chi connectivity index (χ1v) is 13.0. The summed E-state index contributed by atoms with van der Waals surface area (Å²) in [5, 5.41) is 3.08. The number of carbonyl (C=O) groups excluding carboxylic acids is 2. The number of hydrogen-bond donors (Lipinski definition) is 1. The molecule has 3 aromatic rings. The van der Waals surface area contributed by atoms with Gasteiger partial charge in [-0.15, -0.1) is 0 Å². The molecule has 0 bridgehead atoms. The van der Waals surface area contributed by atoms with Crippen molar-refractivity contribution in [3.63, 3.8) is 0 Å². The van der Waals surface area contributed by atoms with E-state index in [1.165, 1.54) is 6.20 Å². The van der Waals surface area contributed by atoms with Crippen molar-refractivity contribution in [1.82, 2.24) is 9.55 Å². The van der Waals surface area contributed by atoms with Gasteiger partial charge in [-0.05, 0) is 50.6 Å². The standard InChI is InChI=1S/C25H27N3O6S/c1-16-13-20(17(2)28(16)18-10-12-35(31,32)15-18)22(29)14-34-25(30)19-7-6-11-26-24(19)27-21-8-4-5-9-23(21)33-3/h4-9,11,13,18H,10,12,14-15H2,1-3H3,(H,26,27). The van der Waals surface area contributed by atoms with E-state index >= 15 is 0 Å². The fraction of sp³-hybridized carbons (Fsp3) is 0.320. The molecule has 3 heterocycles. The van der Waals surface area contributed by atoms with E-state index in [0.717, 1.165) is 5.69 Å². The third-order valence-electron chi connectivity index (χ3n) is 6.08. The van der Waals surface area contributed by atoms with Crippen molar-refractivity contribution >= 4 is 33.1 Å². The molecule has 0 spiro atoms. The smallest absolute Gasteiger partial charge is 0.342 e. The Bertz CT molecular complexity index is 1380. The van der Waals surface area contributed by atoms with Crippen LogP contribution in [0.3, 0.4) is 0 Å². The number of methoxy groups -OCH3 is 1. The lowest BCUT2D eigenvalue weighted by Crippen LogP contribution is -2.17. The second-order valence-electron chi connectivity index (χ2n) is 8.44. The zero-order chi connectivity index (χ0) is 25.2. The number of ketones is 1. The molecule has 0 saturated carbocycles. The minimum Gasteiger partial charge on any atom is -0.495 e. The lowest BCUT2D eigenvalue weighted by Gasteiger charge is -2.16. The molecule has 10 heteroatoms. The highest BCUT2D eigenvalue weighted by Gasteiger charge is 2.32. The fourth-order valence-electron chi connectivity index (χ4n) is 4.43. The number of aryl methyl sites for hydroxylation is 1. The van der Waals surface area contributed by atoms with Crippen LogP contribution in [-0.2, 0) is 14.6 Å². The number of Topliss-reactive ketones (excluding diaryl/α,β-unsaturated/α-hetero) is 1. The number of carbonyl (C=O) groups is 2. The second-order valence-corrected chi connectivity index (χ2v) is 10.7. The van der Waals surface area contributed by atoms with Crippen LogP contribution in [0.15, 0.2) is 48.7 Å². The summed E-state index contributed by atoms with van der Waals surface area (Å²) >= 11 is 0. The van der Waals surface area contributed by atoms with Crippen LogP contribution < -0.4 is 10.1 Å². The van der Waals surface area contributed by atoms with Gasteiger partial charge in [-0.3, -0.25) is 4.79 Å². The molecule has 2 aromatic heterocycles. The van der Waals surface area contributed by atoms with Crippen molar-refractivity contribution < 1.29 is 27.5 Å². The number of nitrogens with one attached hydrogen (secondary N) is 1. The van der Waals surface area contributed by atoms with Gasteiger partial charge in [0.1, 0.15) is 17.1 Å². The van der Waals surface area contributed by atoms with Gasteiger partial charge < -0.3 is 19.4 Å². The van der Waals surface area contributed by atoms with Crippen LogP contribution in [0.2, 0.25) is 0 Å². The predicted octanol–water partition coefficient (Wildman–Crippen LogP) is 3.65. The summed E-state index contributed by atoms with van der Waals surface area (Å²) in [6.07, 6.45) is 2.06. The van der Waals surface area contributed by atoms with Crippen molar-refractivity contribution in [2.45, 2.75) is 26.3 Å². The third-order valence-corrected chi connectivity index (χ3v) is 7.83. The molecule has 1 aromatic carbocycles. The number of nitrogens with zero attached hydrogens (tertiary/aromatic N) is 2. The molecular formula is C25H27N3O6S. The number of ether oxygens (including phenoxy) is 2. The molecule has 1 saturated heterocycles. The van der Waals surface area contributed by atoms with E-state index < -0.39 is 22.4 Å². The summed E-state index contributed by atoms with van der Waals surface area (Å²) in [5.74, 6) is 0.00958. The zero-order valence-electron chi connectivity index (χ0n) is 19.8. The quantitative estimate of drug-likeness (QED) is 0.370. The average molecular weight is 498 g/mol. The van der Waals surface area contributed by atoms with E-state index in [2.05, 4.69) is 10.3 Å². The van der Waals surface area contributed by atoms with Crippen LogP contribution in [0.25, 0.3) is 0 Å². The number of benzene rings is 1. The molecule has 1 N–H and O–H groups in total. The number of sulfone groups is 1. The van der Waals surface area contributed by atoms with E-state index in [4.69, 9.17) is 9.47 Å².